The van der Waals surface area contributed by atoms with Crippen LogP contribution in [0.3, 0.4) is 0 Å². The number of furan rings is 1. The van der Waals surface area contributed by atoms with Gasteiger partial charge in [-0.2, -0.15) is 0 Å². The highest BCUT2D eigenvalue weighted by Crippen LogP contribution is 2.29. The second-order valence-corrected chi connectivity index (χ2v) is 6.43. The lowest BCUT2D eigenvalue weighted by molar-refractivity contribution is 0.534. The quantitative estimate of drug-likeness (QED) is 0.642. The summed E-state index contributed by atoms with van der Waals surface area (Å²) in [6.45, 7) is 1.93. The van der Waals surface area contributed by atoms with Gasteiger partial charge < -0.3 is 8.98 Å². The number of thioether (sulfide) groups is 1. The summed E-state index contributed by atoms with van der Waals surface area (Å²) in [5, 5.41) is 9.44. The molecule has 0 aliphatic carbocycles. The molecule has 0 aliphatic rings. The second-order valence-electron chi connectivity index (χ2n) is 4.64. The van der Waals surface area contributed by atoms with Crippen molar-refractivity contribution in [2.75, 3.05) is 0 Å². The van der Waals surface area contributed by atoms with Crippen molar-refractivity contribution in [3.63, 3.8) is 0 Å². The Bertz CT molecular complexity index is 766. The van der Waals surface area contributed by atoms with Gasteiger partial charge in [0, 0.05) is 17.3 Å². The van der Waals surface area contributed by atoms with Crippen molar-refractivity contribution in [2.24, 2.45) is 7.05 Å². The molecule has 0 aliphatic heterocycles. The van der Waals surface area contributed by atoms with Crippen LogP contribution in [0.2, 0.25) is 0 Å². The van der Waals surface area contributed by atoms with E-state index in [2.05, 4.69) is 32.2 Å². The normalized spacial score (nSPS) is 11.0. The van der Waals surface area contributed by atoms with Crippen molar-refractivity contribution in [1.29, 1.82) is 0 Å². The zero-order valence-electron chi connectivity index (χ0n) is 11.7. The van der Waals surface area contributed by atoms with Gasteiger partial charge in [-0.15, -0.1) is 10.2 Å². The molecule has 0 atom stereocenters. The van der Waals surface area contributed by atoms with Crippen LogP contribution in [0.1, 0.15) is 11.3 Å². The Morgan fingerprint density at radius 2 is 2.05 bits per heavy atom. The number of hydrogen-bond acceptors (Lipinski definition) is 4. The average Bonchev–Trinajstić information content (AvgIpc) is 3.04. The standard InChI is InChI=1S/C15H14BrN3OS/c1-10-12(7-8-20-10)14-17-18-15(19(14)2)21-9-11-5-3-4-6-13(11)16/h3-8H,9H2,1-2H3. The molecule has 108 valence electrons. The fraction of sp³-hybridized carbons (Fsp3) is 0.200. The van der Waals surface area contributed by atoms with Gasteiger partial charge >= 0.3 is 0 Å². The van der Waals surface area contributed by atoms with Crippen LogP contribution in [0.15, 0.2) is 50.6 Å². The van der Waals surface area contributed by atoms with E-state index in [9.17, 15) is 0 Å². The summed E-state index contributed by atoms with van der Waals surface area (Å²) in [5.41, 5.74) is 2.23. The van der Waals surface area contributed by atoms with Crippen molar-refractivity contribution in [1.82, 2.24) is 14.8 Å². The summed E-state index contributed by atoms with van der Waals surface area (Å²) in [6.07, 6.45) is 1.67. The maximum atomic E-state index is 5.33. The van der Waals surface area contributed by atoms with E-state index in [0.717, 1.165) is 32.5 Å². The van der Waals surface area contributed by atoms with E-state index in [-0.39, 0.29) is 0 Å². The Kier molecular flexibility index (Phi) is 4.17. The van der Waals surface area contributed by atoms with E-state index in [1.807, 2.05) is 42.8 Å². The van der Waals surface area contributed by atoms with Crippen LogP contribution in [-0.4, -0.2) is 14.8 Å². The fourth-order valence-electron chi connectivity index (χ4n) is 2.05. The minimum atomic E-state index is 0.830. The van der Waals surface area contributed by atoms with Crippen molar-refractivity contribution in [3.05, 3.63) is 52.4 Å². The lowest BCUT2D eigenvalue weighted by Crippen LogP contribution is -1.95. The molecule has 0 amide bonds. The molecule has 21 heavy (non-hydrogen) atoms. The van der Waals surface area contributed by atoms with Crippen molar-refractivity contribution < 1.29 is 4.42 Å². The van der Waals surface area contributed by atoms with Gasteiger partial charge in [0.05, 0.1) is 11.8 Å². The molecule has 0 saturated carbocycles. The molecule has 0 unspecified atom stereocenters. The third kappa shape index (κ3) is 2.91. The van der Waals surface area contributed by atoms with Crippen LogP contribution in [0.4, 0.5) is 0 Å². The molecule has 3 aromatic rings. The second kappa shape index (κ2) is 6.07. The Hall–Kier alpha value is -1.53. The summed E-state index contributed by atoms with van der Waals surface area (Å²) in [7, 11) is 1.98. The van der Waals surface area contributed by atoms with Gasteiger partial charge in [-0.3, -0.25) is 0 Å². The molecule has 2 heterocycles. The predicted octanol–water partition coefficient (Wildman–Crippen LogP) is 4.44. The Morgan fingerprint density at radius 1 is 1.24 bits per heavy atom. The molecule has 0 N–H and O–H groups in total. The maximum absolute atomic E-state index is 5.33. The van der Waals surface area contributed by atoms with Gasteiger partial charge in [-0.25, -0.2) is 0 Å². The van der Waals surface area contributed by atoms with Gasteiger partial charge in [0.1, 0.15) is 5.76 Å². The molecule has 0 radical (unpaired) electrons. The molecule has 0 fully saturated rings. The molecule has 4 nitrogen and oxygen atoms in total. The SMILES string of the molecule is Cc1occc1-c1nnc(SCc2ccccc2Br)n1C. The number of nitrogens with zero attached hydrogens (tertiary/aromatic N) is 3. The van der Waals surface area contributed by atoms with E-state index in [0.29, 0.717) is 0 Å². The van der Waals surface area contributed by atoms with E-state index in [1.165, 1.54) is 5.56 Å². The molecule has 3 rings (SSSR count). The van der Waals surface area contributed by atoms with E-state index >= 15 is 0 Å². The first-order chi connectivity index (χ1) is 10.2. The lowest BCUT2D eigenvalue weighted by Gasteiger charge is -2.05. The van der Waals surface area contributed by atoms with Crippen molar-refractivity contribution in [3.8, 4) is 11.4 Å². The van der Waals surface area contributed by atoms with Crippen LogP contribution in [0.25, 0.3) is 11.4 Å². The van der Waals surface area contributed by atoms with Crippen LogP contribution in [-0.2, 0) is 12.8 Å². The smallest absolute Gasteiger partial charge is 0.191 e. The van der Waals surface area contributed by atoms with E-state index < -0.39 is 0 Å². The number of benzene rings is 1. The molecular formula is C15H14BrN3OS. The molecule has 6 heteroatoms. The first kappa shape index (κ1) is 14.4. The van der Waals surface area contributed by atoms with Crippen LogP contribution < -0.4 is 0 Å². The highest BCUT2D eigenvalue weighted by Gasteiger charge is 2.15. The lowest BCUT2D eigenvalue weighted by atomic mass is 10.2. The summed E-state index contributed by atoms with van der Waals surface area (Å²) in [6, 6.07) is 10.1. The molecule has 0 bridgehead atoms. The van der Waals surface area contributed by atoms with Crippen LogP contribution in [0, 0.1) is 6.92 Å². The molecule has 0 spiro atoms. The zero-order chi connectivity index (χ0) is 14.8. The van der Waals surface area contributed by atoms with Crippen molar-refractivity contribution in [2.45, 2.75) is 17.8 Å². The zero-order valence-corrected chi connectivity index (χ0v) is 14.1. The van der Waals surface area contributed by atoms with Gasteiger partial charge in [0.25, 0.3) is 0 Å². The highest BCUT2D eigenvalue weighted by atomic mass is 79.9. The summed E-state index contributed by atoms with van der Waals surface area (Å²) in [4.78, 5) is 0. The Labute approximate surface area is 135 Å². The van der Waals surface area contributed by atoms with E-state index in [4.69, 9.17) is 4.42 Å². The third-order valence-corrected chi connectivity index (χ3v) is 5.09. The van der Waals surface area contributed by atoms with Gasteiger partial charge in [0.15, 0.2) is 11.0 Å². The molecular weight excluding hydrogens is 350 g/mol. The van der Waals surface area contributed by atoms with Crippen LogP contribution >= 0.6 is 27.7 Å². The summed E-state index contributed by atoms with van der Waals surface area (Å²) in [5.74, 6) is 2.53. The molecule has 2 aromatic heterocycles. The summed E-state index contributed by atoms with van der Waals surface area (Å²) >= 11 is 5.23. The molecule has 1 aromatic carbocycles. The fourth-order valence-corrected chi connectivity index (χ4v) is 3.58. The number of aryl methyl sites for hydroxylation is 1. The topological polar surface area (TPSA) is 43.9 Å². The van der Waals surface area contributed by atoms with Gasteiger partial charge in [-0.1, -0.05) is 45.9 Å². The number of hydrogen-bond donors (Lipinski definition) is 0. The average molecular weight is 364 g/mol. The number of rotatable bonds is 4. The predicted molar refractivity (Wildman–Crippen MR) is 87.1 cm³/mol. The Morgan fingerprint density at radius 3 is 2.76 bits per heavy atom. The Balaban J connectivity index is 1.80. The maximum Gasteiger partial charge on any atom is 0.191 e. The highest BCUT2D eigenvalue weighted by molar-refractivity contribution is 9.10. The number of aromatic nitrogens is 3. The minimum Gasteiger partial charge on any atom is -0.469 e. The third-order valence-electron chi connectivity index (χ3n) is 3.25. The largest absolute Gasteiger partial charge is 0.469 e. The van der Waals surface area contributed by atoms with Crippen LogP contribution in [0.5, 0.6) is 0 Å². The number of halogens is 1. The molecule has 0 saturated heterocycles. The summed E-state index contributed by atoms with van der Waals surface area (Å²) < 4.78 is 8.45. The first-order valence-electron chi connectivity index (χ1n) is 6.47. The van der Waals surface area contributed by atoms with Gasteiger partial charge in [-0.05, 0) is 24.6 Å². The monoisotopic (exact) mass is 363 g/mol. The van der Waals surface area contributed by atoms with Gasteiger partial charge in [0.2, 0.25) is 0 Å². The van der Waals surface area contributed by atoms with Crippen molar-refractivity contribution >= 4 is 27.7 Å². The first-order valence-corrected chi connectivity index (χ1v) is 8.24. The van der Waals surface area contributed by atoms with E-state index in [1.54, 1.807) is 18.0 Å². The minimum absolute atomic E-state index is 0.830.